The molecule has 0 bridgehead atoms. The highest BCUT2D eigenvalue weighted by molar-refractivity contribution is 7.47. The minimum absolute atomic E-state index is 0.0167. The van der Waals surface area contributed by atoms with E-state index in [2.05, 4.69) is 5.32 Å². The number of carbonyl (C=O) groups is 2. The molecule has 13 atom stereocenters. The summed E-state index contributed by atoms with van der Waals surface area (Å²) in [6.07, 6.45) is -13.7. The van der Waals surface area contributed by atoms with Gasteiger partial charge >= 0.3 is 13.8 Å². The largest absolute Gasteiger partial charge is 0.479 e. The van der Waals surface area contributed by atoms with Crippen LogP contribution < -0.4 is 5.32 Å². The van der Waals surface area contributed by atoms with E-state index in [0.29, 0.717) is 37.1 Å². The second kappa shape index (κ2) is 25.2. The van der Waals surface area contributed by atoms with Gasteiger partial charge in [-0.3, -0.25) is 13.8 Å². The number of carboxylic acid groups (broad SMARTS) is 1. The first-order valence-corrected chi connectivity index (χ1v) is 19.9. The van der Waals surface area contributed by atoms with Gasteiger partial charge in [0.05, 0.1) is 79.5 Å². The predicted molar refractivity (Wildman–Crippen MR) is 191 cm³/mol. The Morgan fingerprint density at radius 1 is 0.804 bits per heavy atom. The number of phosphoric ester groups is 1. The Hall–Kier alpha value is -1.51. The summed E-state index contributed by atoms with van der Waals surface area (Å²) in [6, 6.07) is -0.977. The fraction of sp³-hybridized carbons (Fsp3) is 0.939. The highest BCUT2D eigenvalue weighted by atomic mass is 31.2. The number of nitrogens with zero attached hydrogens (tertiary/aromatic N) is 1. The van der Waals surface area contributed by atoms with Crippen molar-refractivity contribution in [3.05, 3.63) is 0 Å². The molecule has 7 unspecified atom stereocenters. The first kappa shape index (κ1) is 50.6. The quantitative estimate of drug-likeness (QED) is 0.0221. The molecule has 22 nitrogen and oxygen atoms in total. The lowest BCUT2D eigenvalue weighted by Gasteiger charge is -2.47. The average molecular weight is 840 g/mol. The van der Waals surface area contributed by atoms with Gasteiger partial charge in [-0.15, -0.1) is 0 Å². The molecule has 330 valence electrons. The summed E-state index contributed by atoms with van der Waals surface area (Å²) < 4.78 is 66.0. The van der Waals surface area contributed by atoms with Gasteiger partial charge in [-0.2, -0.15) is 0 Å². The van der Waals surface area contributed by atoms with Crippen LogP contribution in [0.1, 0.15) is 26.7 Å². The zero-order chi connectivity index (χ0) is 42.1. The van der Waals surface area contributed by atoms with E-state index in [1.807, 2.05) is 21.1 Å². The van der Waals surface area contributed by atoms with Gasteiger partial charge in [0.15, 0.2) is 12.4 Å². The number of unbranched alkanes of at least 4 members (excludes halogenated alkanes) is 1. The SMILES string of the molecule is CO[C@@H]1C(C(=O)O)O[C@@H](O[C@@H]2C(NC(C)=O)[C@H](C)OC(COCC(O)COCCCCOCC(O)COCCOP(=O)(O)OCC[N+](C)(C)C)[C@H]2O)C(O)[C@H]1O. The number of carbonyl (C=O) groups excluding carboxylic acids is 1. The van der Waals surface area contributed by atoms with Crippen molar-refractivity contribution in [2.45, 2.75) is 100 Å². The number of aliphatic hydroxyl groups is 5. The number of phosphoric acid groups is 1. The van der Waals surface area contributed by atoms with Crippen LogP contribution in [0.25, 0.3) is 0 Å². The van der Waals surface area contributed by atoms with E-state index in [1.165, 1.54) is 6.92 Å². The van der Waals surface area contributed by atoms with Crippen molar-refractivity contribution in [3.8, 4) is 0 Å². The first-order valence-electron chi connectivity index (χ1n) is 18.4. The molecular weight excluding hydrogens is 775 g/mol. The Kier molecular flexibility index (Phi) is 22.8. The van der Waals surface area contributed by atoms with Crippen molar-refractivity contribution in [1.29, 1.82) is 0 Å². The fourth-order valence-corrected chi connectivity index (χ4v) is 6.29. The highest BCUT2D eigenvalue weighted by Crippen LogP contribution is 2.42. The van der Waals surface area contributed by atoms with Crippen molar-refractivity contribution in [2.24, 2.45) is 0 Å². The molecule has 2 aliphatic heterocycles. The van der Waals surface area contributed by atoms with Gasteiger partial charge in [-0.1, -0.05) is 0 Å². The van der Waals surface area contributed by atoms with Gasteiger partial charge in [0.25, 0.3) is 0 Å². The number of aliphatic carboxylic acids is 1. The van der Waals surface area contributed by atoms with Crippen molar-refractivity contribution in [1.82, 2.24) is 5.32 Å². The summed E-state index contributed by atoms with van der Waals surface area (Å²) in [6.45, 7) is 3.34. The van der Waals surface area contributed by atoms with Gasteiger partial charge in [0.2, 0.25) is 5.91 Å². The van der Waals surface area contributed by atoms with Crippen LogP contribution >= 0.6 is 7.82 Å². The molecule has 0 aromatic rings. The average Bonchev–Trinajstić information content (AvgIpc) is 3.10. The van der Waals surface area contributed by atoms with Gasteiger partial charge in [-0.25, -0.2) is 9.36 Å². The number of hydrogen-bond donors (Lipinski definition) is 8. The standard InChI is InChI=1S/C33H63N2O20P/c1-20-25(34-21(2)36)29(54-33-28(41)27(40)30(46-6)31(55-33)32(42)43)26(39)24(53-20)19-50-18-23(38)16-48-11-8-7-10-47-15-22(37)17-49-13-14-52-56(44,45)51-12-9-35(3,4)5/h20,22-31,33,37-41H,7-19H2,1-6H3,(H2-,34,36,42,43,44,45)/p+1/t20-,22?,23?,24?,25?,26+,27+,28?,29+,30-,31?,33+/m0/s1. The van der Waals surface area contributed by atoms with Crippen LogP contribution in [0.15, 0.2) is 0 Å². The monoisotopic (exact) mass is 839 g/mol. The molecule has 0 aromatic heterocycles. The number of hydrogen-bond acceptors (Lipinski definition) is 18. The topological polar surface area (TPSA) is 297 Å². The molecule has 2 fully saturated rings. The van der Waals surface area contributed by atoms with E-state index in [0.717, 1.165) is 7.11 Å². The number of rotatable bonds is 28. The number of carboxylic acids is 1. The minimum Gasteiger partial charge on any atom is -0.479 e. The van der Waals surface area contributed by atoms with Gasteiger partial charge in [-0.05, 0) is 19.8 Å². The smallest absolute Gasteiger partial charge is 0.472 e. The molecule has 0 spiro atoms. The molecule has 2 saturated heterocycles. The van der Waals surface area contributed by atoms with Crippen molar-refractivity contribution >= 4 is 19.7 Å². The zero-order valence-electron chi connectivity index (χ0n) is 33.0. The summed E-state index contributed by atoms with van der Waals surface area (Å²) in [5.74, 6) is -1.97. The lowest BCUT2D eigenvalue weighted by Crippen LogP contribution is -2.67. The molecule has 0 radical (unpaired) electrons. The molecule has 56 heavy (non-hydrogen) atoms. The highest BCUT2D eigenvalue weighted by Gasteiger charge is 2.52. The van der Waals surface area contributed by atoms with E-state index < -0.39 is 93.1 Å². The summed E-state index contributed by atoms with van der Waals surface area (Å²) in [7, 11) is 2.73. The number of aliphatic hydroxyl groups excluding tert-OH is 5. The second-order valence-corrected chi connectivity index (χ2v) is 16.0. The molecule has 2 rings (SSSR count). The Labute approximate surface area is 326 Å². The van der Waals surface area contributed by atoms with E-state index in [-0.39, 0.29) is 52.9 Å². The van der Waals surface area contributed by atoms with Crippen LogP contribution in [0.2, 0.25) is 0 Å². The first-order chi connectivity index (χ1) is 26.3. The molecule has 0 saturated carbocycles. The van der Waals surface area contributed by atoms with Crippen LogP contribution in [0.5, 0.6) is 0 Å². The molecule has 0 aromatic carbocycles. The van der Waals surface area contributed by atoms with Gasteiger partial charge < -0.3 is 83.2 Å². The maximum Gasteiger partial charge on any atom is 0.472 e. The molecule has 0 aliphatic carbocycles. The summed E-state index contributed by atoms with van der Waals surface area (Å²) in [5.41, 5.74) is 0. The Morgan fingerprint density at radius 3 is 1.89 bits per heavy atom. The Morgan fingerprint density at radius 2 is 1.36 bits per heavy atom. The summed E-state index contributed by atoms with van der Waals surface area (Å²) in [4.78, 5) is 33.4. The molecule has 8 N–H and O–H groups in total. The molecular formula is C33H64N2O20P+. The van der Waals surface area contributed by atoms with Crippen molar-refractivity contribution in [3.63, 3.8) is 0 Å². The Balaban J connectivity index is 1.64. The third-order valence-corrected chi connectivity index (χ3v) is 9.55. The third-order valence-electron chi connectivity index (χ3n) is 8.54. The van der Waals surface area contributed by atoms with Crippen LogP contribution in [0, 0.1) is 0 Å². The van der Waals surface area contributed by atoms with Gasteiger partial charge in [0, 0.05) is 27.2 Å². The van der Waals surface area contributed by atoms with Crippen molar-refractivity contribution < 1.29 is 101 Å². The van der Waals surface area contributed by atoms with Crippen LogP contribution in [0.3, 0.4) is 0 Å². The maximum atomic E-state index is 12.0. The predicted octanol–water partition coefficient (Wildman–Crippen LogP) is -3.02. The summed E-state index contributed by atoms with van der Waals surface area (Å²) >= 11 is 0. The van der Waals surface area contributed by atoms with E-state index in [9.17, 15) is 49.7 Å². The van der Waals surface area contributed by atoms with E-state index in [1.54, 1.807) is 6.92 Å². The van der Waals surface area contributed by atoms with Crippen LogP contribution in [0.4, 0.5) is 0 Å². The number of ether oxygens (including phenoxy) is 8. The Bertz CT molecular complexity index is 1180. The van der Waals surface area contributed by atoms with E-state index in [4.69, 9.17) is 46.9 Å². The molecule has 2 heterocycles. The number of methoxy groups -OCH3 is 1. The lowest BCUT2D eigenvalue weighted by atomic mass is 9.92. The number of nitrogens with one attached hydrogen (secondary N) is 1. The van der Waals surface area contributed by atoms with Gasteiger partial charge in [0.1, 0.15) is 62.0 Å². The summed E-state index contributed by atoms with van der Waals surface area (Å²) in [5, 5.41) is 64.8. The maximum absolute atomic E-state index is 12.0. The van der Waals surface area contributed by atoms with Crippen LogP contribution in [-0.2, 0) is 61.1 Å². The minimum atomic E-state index is -4.18. The van der Waals surface area contributed by atoms with Crippen LogP contribution in [-0.4, -0.2) is 226 Å². The molecule has 1 amide bonds. The number of quaternary nitrogens is 1. The molecule has 23 heteroatoms. The van der Waals surface area contributed by atoms with Crippen molar-refractivity contribution in [2.75, 3.05) is 101 Å². The fourth-order valence-electron chi connectivity index (χ4n) is 5.60. The lowest BCUT2D eigenvalue weighted by molar-refractivity contribution is -0.870. The molecule has 2 aliphatic rings. The zero-order valence-corrected chi connectivity index (χ0v) is 33.8. The van der Waals surface area contributed by atoms with E-state index >= 15 is 0 Å². The number of amides is 1. The normalized spacial score (nSPS) is 30.7. The third kappa shape index (κ3) is 18.6. The number of likely N-dealkylation sites (N-methyl/N-ethyl adjacent to an activating group) is 1. The second-order valence-electron chi connectivity index (χ2n) is 14.6.